The molecule has 0 aliphatic rings. The highest BCUT2D eigenvalue weighted by Gasteiger charge is 2.16. The Morgan fingerprint density at radius 2 is 0.957 bits per heavy atom. The second-order valence-electron chi connectivity index (χ2n) is 12.1. The Morgan fingerprint density at radius 3 is 1.64 bits per heavy atom. The first-order valence-electron chi connectivity index (χ1n) is 15.7. The Labute approximate surface area is 274 Å². The first kappa shape index (κ1) is 26.1. The summed E-state index contributed by atoms with van der Waals surface area (Å²) in [5, 5.41) is 17.1. The molecule has 7 aromatic carbocycles. The van der Waals surface area contributed by atoms with E-state index in [0.717, 1.165) is 27.7 Å². The van der Waals surface area contributed by atoms with Crippen molar-refractivity contribution in [2.45, 2.75) is 0 Å². The number of nitrogens with zero attached hydrogens (tertiary/aromatic N) is 3. The van der Waals surface area contributed by atoms with E-state index in [1.54, 1.807) is 0 Å². The van der Waals surface area contributed by atoms with E-state index in [2.05, 4.69) is 155 Å². The molecular weight excluding hydrogens is 591 g/mol. The van der Waals surface area contributed by atoms with Gasteiger partial charge < -0.3 is 9.13 Å². The number of fused-ring (bicyclic) bond motifs is 9. The van der Waals surface area contributed by atoms with Gasteiger partial charge in [-0.3, -0.25) is 0 Å². The van der Waals surface area contributed by atoms with E-state index in [1.165, 1.54) is 58.6 Å². The van der Waals surface area contributed by atoms with Gasteiger partial charge in [0.05, 0.1) is 33.7 Å². The molecule has 0 amide bonds. The van der Waals surface area contributed by atoms with Crippen molar-refractivity contribution in [1.82, 2.24) is 9.13 Å². The molecule has 218 valence electrons. The van der Waals surface area contributed by atoms with Crippen molar-refractivity contribution in [2.75, 3.05) is 0 Å². The summed E-state index contributed by atoms with van der Waals surface area (Å²) >= 11 is 1.85. The highest BCUT2D eigenvalue weighted by Crippen LogP contribution is 2.40. The number of thiophene rings is 1. The number of aromatic nitrogens is 2. The molecule has 10 aromatic rings. The zero-order chi connectivity index (χ0) is 31.1. The van der Waals surface area contributed by atoms with E-state index in [4.69, 9.17) is 0 Å². The molecule has 0 atom stereocenters. The maximum Gasteiger partial charge on any atom is 0.0992 e. The van der Waals surface area contributed by atoms with Crippen LogP contribution < -0.4 is 0 Å². The van der Waals surface area contributed by atoms with Gasteiger partial charge in [-0.15, -0.1) is 11.3 Å². The summed E-state index contributed by atoms with van der Waals surface area (Å²) in [5.41, 5.74) is 9.86. The van der Waals surface area contributed by atoms with Gasteiger partial charge in [0, 0.05) is 53.1 Å². The van der Waals surface area contributed by atoms with Crippen LogP contribution in [0.1, 0.15) is 5.56 Å². The van der Waals surface area contributed by atoms with E-state index in [1.807, 2.05) is 23.5 Å². The number of rotatable bonds is 3. The van der Waals surface area contributed by atoms with Crippen molar-refractivity contribution >= 4 is 75.1 Å². The lowest BCUT2D eigenvalue weighted by molar-refractivity contribution is 1.18. The van der Waals surface area contributed by atoms with E-state index in [0.29, 0.717) is 5.56 Å². The molecule has 0 N–H and O–H groups in total. The summed E-state index contributed by atoms with van der Waals surface area (Å²) in [6, 6.07) is 56.6. The van der Waals surface area contributed by atoms with Crippen molar-refractivity contribution in [3.8, 4) is 28.6 Å². The highest BCUT2D eigenvalue weighted by atomic mass is 32.1. The van der Waals surface area contributed by atoms with Crippen LogP contribution in [0, 0.1) is 11.3 Å². The number of benzene rings is 7. The molecule has 0 saturated carbocycles. The zero-order valence-electron chi connectivity index (χ0n) is 25.2. The van der Waals surface area contributed by atoms with Crippen LogP contribution in [0.4, 0.5) is 0 Å². The molecule has 4 heteroatoms. The van der Waals surface area contributed by atoms with Crippen molar-refractivity contribution < 1.29 is 0 Å². The summed E-state index contributed by atoms with van der Waals surface area (Å²) in [7, 11) is 0. The van der Waals surface area contributed by atoms with Crippen molar-refractivity contribution in [1.29, 1.82) is 5.26 Å². The predicted octanol–water partition coefficient (Wildman–Crippen LogP) is 11.8. The third kappa shape index (κ3) is 3.85. The Bertz CT molecular complexity index is 2880. The summed E-state index contributed by atoms with van der Waals surface area (Å²) in [4.78, 5) is 0. The van der Waals surface area contributed by atoms with Gasteiger partial charge in [-0.2, -0.15) is 5.26 Å². The van der Waals surface area contributed by atoms with Gasteiger partial charge in [0.1, 0.15) is 0 Å². The Balaban J connectivity index is 1.15. The molecule has 0 unspecified atom stereocenters. The fourth-order valence-electron chi connectivity index (χ4n) is 7.43. The fourth-order valence-corrected chi connectivity index (χ4v) is 8.49. The van der Waals surface area contributed by atoms with Gasteiger partial charge >= 0.3 is 0 Å². The first-order chi connectivity index (χ1) is 23.2. The van der Waals surface area contributed by atoms with E-state index in [9.17, 15) is 5.26 Å². The third-order valence-corrected chi connectivity index (χ3v) is 10.7. The van der Waals surface area contributed by atoms with Gasteiger partial charge in [0.2, 0.25) is 0 Å². The summed E-state index contributed by atoms with van der Waals surface area (Å²) in [6.45, 7) is 0. The van der Waals surface area contributed by atoms with Gasteiger partial charge in [0.15, 0.2) is 0 Å². The van der Waals surface area contributed by atoms with Crippen LogP contribution in [0.5, 0.6) is 0 Å². The zero-order valence-corrected chi connectivity index (χ0v) is 26.0. The normalized spacial score (nSPS) is 11.8. The molecule has 0 bridgehead atoms. The lowest BCUT2D eigenvalue weighted by atomic mass is 10.0. The molecule has 3 heterocycles. The molecule has 0 radical (unpaired) electrons. The minimum absolute atomic E-state index is 0.660. The number of hydrogen-bond donors (Lipinski definition) is 0. The highest BCUT2D eigenvalue weighted by molar-refractivity contribution is 7.25. The van der Waals surface area contributed by atoms with Crippen LogP contribution in [0.25, 0.3) is 86.3 Å². The number of hydrogen-bond acceptors (Lipinski definition) is 2. The van der Waals surface area contributed by atoms with E-state index in [-0.39, 0.29) is 0 Å². The number of para-hydroxylation sites is 3. The van der Waals surface area contributed by atoms with Crippen molar-refractivity contribution in [3.63, 3.8) is 0 Å². The average molecular weight is 616 g/mol. The molecule has 0 spiro atoms. The Kier molecular flexibility index (Phi) is 5.51. The quantitative estimate of drug-likeness (QED) is 0.195. The molecular formula is C43H25N3S. The smallest absolute Gasteiger partial charge is 0.0992 e. The van der Waals surface area contributed by atoms with E-state index >= 15 is 0 Å². The molecule has 3 nitrogen and oxygen atoms in total. The molecule has 0 aliphatic carbocycles. The molecule has 47 heavy (non-hydrogen) atoms. The van der Waals surface area contributed by atoms with Crippen LogP contribution in [0.2, 0.25) is 0 Å². The molecule has 10 rings (SSSR count). The lowest BCUT2D eigenvalue weighted by Gasteiger charge is -2.11. The maximum atomic E-state index is 9.67. The largest absolute Gasteiger partial charge is 0.309 e. The SMILES string of the molecule is N#Cc1ccc2c3ccccc3n(-c3cccc(-c4ccc5sc6ccc(-n7c8ccccc8c8ccccc87)cc6c5c4)c3)c2c1. The summed E-state index contributed by atoms with van der Waals surface area (Å²) < 4.78 is 7.25. The number of nitriles is 1. The molecule has 0 fully saturated rings. The fraction of sp³-hybridized carbons (Fsp3) is 0. The monoisotopic (exact) mass is 615 g/mol. The third-order valence-electron chi connectivity index (χ3n) is 9.53. The lowest BCUT2D eigenvalue weighted by Crippen LogP contribution is -1.94. The Hall–Kier alpha value is -6.15. The molecule has 0 aliphatic heterocycles. The minimum Gasteiger partial charge on any atom is -0.309 e. The van der Waals surface area contributed by atoms with Gasteiger partial charge in [0.25, 0.3) is 0 Å². The van der Waals surface area contributed by atoms with Gasteiger partial charge in [-0.25, -0.2) is 0 Å². The van der Waals surface area contributed by atoms with Crippen molar-refractivity contribution in [2.24, 2.45) is 0 Å². The van der Waals surface area contributed by atoms with Gasteiger partial charge in [-0.05, 0) is 83.9 Å². The minimum atomic E-state index is 0.660. The second kappa shape index (κ2) is 9.92. The Morgan fingerprint density at radius 1 is 0.404 bits per heavy atom. The average Bonchev–Trinajstić information content (AvgIpc) is 3.78. The predicted molar refractivity (Wildman–Crippen MR) is 198 cm³/mol. The van der Waals surface area contributed by atoms with Crippen LogP contribution >= 0.6 is 11.3 Å². The van der Waals surface area contributed by atoms with Gasteiger partial charge in [-0.1, -0.05) is 78.9 Å². The summed E-state index contributed by atoms with van der Waals surface area (Å²) in [5.74, 6) is 0. The van der Waals surface area contributed by atoms with Crippen LogP contribution in [-0.2, 0) is 0 Å². The summed E-state index contributed by atoms with van der Waals surface area (Å²) in [6.07, 6.45) is 0. The van der Waals surface area contributed by atoms with Crippen LogP contribution in [0.15, 0.2) is 152 Å². The molecule has 0 saturated heterocycles. The molecule has 3 aromatic heterocycles. The topological polar surface area (TPSA) is 33.6 Å². The standard InChI is InChI=1S/C43H25N3S/c44-26-27-16-19-35-34-12-3-6-15-40(34)46(41(35)22-27)30-9-7-8-28(23-30)29-17-20-42-36(24-29)37-25-31(18-21-43(37)47-42)45-38-13-4-1-10-32(38)33-11-2-5-14-39(33)45/h1-25H. The second-order valence-corrected chi connectivity index (χ2v) is 13.2. The van der Waals surface area contributed by atoms with E-state index < -0.39 is 0 Å². The van der Waals surface area contributed by atoms with Crippen LogP contribution in [0.3, 0.4) is 0 Å². The maximum absolute atomic E-state index is 9.67. The first-order valence-corrected chi connectivity index (χ1v) is 16.6. The van der Waals surface area contributed by atoms with Crippen molar-refractivity contribution in [3.05, 3.63) is 157 Å². The van der Waals surface area contributed by atoms with Crippen LogP contribution in [-0.4, -0.2) is 9.13 Å².